The zero-order valence-corrected chi connectivity index (χ0v) is 14.4. The van der Waals surface area contributed by atoms with Gasteiger partial charge < -0.3 is 5.32 Å². The smallest absolute Gasteiger partial charge is 0.0812 e. The van der Waals surface area contributed by atoms with E-state index in [1.807, 2.05) is 0 Å². The molecule has 4 fully saturated rings. The molecule has 0 aromatic carbocycles. The van der Waals surface area contributed by atoms with Gasteiger partial charge >= 0.3 is 0 Å². The van der Waals surface area contributed by atoms with Crippen LogP contribution in [-0.4, -0.2) is 19.3 Å². The highest BCUT2D eigenvalue weighted by atomic mass is 28.3. The molecule has 1 aromatic heterocycles. The second-order valence-electron chi connectivity index (χ2n) is 8.09. The number of pyridine rings is 1. The molecule has 4 aliphatic rings. The van der Waals surface area contributed by atoms with E-state index in [-0.39, 0.29) is 8.80 Å². The molecule has 3 heteroatoms. The number of hydrogen-bond acceptors (Lipinski definition) is 2. The Kier molecular flexibility index (Phi) is 3.46. The summed E-state index contributed by atoms with van der Waals surface area (Å²) in [5.41, 5.74) is 1.68. The Morgan fingerprint density at radius 1 is 1.10 bits per heavy atom. The summed E-state index contributed by atoms with van der Waals surface area (Å²) in [6.45, 7) is 5.62. The van der Waals surface area contributed by atoms with Gasteiger partial charge in [0.15, 0.2) is 0 Å². The first-order valence-corrected chi connectivity index (χ1v) is 11.1. The summed E-state index contributed by atoms with van der Waals surface area (Å²) < 4.78 is 0. The molecule has 4 bridgehead atoms. The molecule has 1 aromatic rings. The lowest BCUT2D eigenvalue weighted by molar-refractivity contribution is -0.0207. The van der Waals surface area contributed by atoms with Crippen molar-refractivity contribution in [2.75, 3.05) is 0 Å². The molecule has 113 valence electrons. The first kappa shape index (κ1) is 14.0. The van der Waals surface area contributed by atoms with Crippen LogP contribution in [0.15, 0.2) is 18.3 Å². The Morgan fingerprint density at radius 2 is 1.71 bits per heavy atom. The molecule has 0 aliphatic heterocycles. The number of rotatable bonds is 4. The monoisotopic (exact) mass is 299 g/mol. The fraction of sp³-hybridized carbons (Fsp3) is 0.722. The fourth-order valence-electron chi connectivity index (χ4n) is 5.43. The van der Waals surface area contributed by atoms with Gasteiger partial charge in [-0.3, -0.25) is 4.98 Å². The Hall–Kier alpha value is -0.673. The zero-order valence-electron chi connectivity index (χ0n) is 13.4. The van der Waals surface area contributed by atoms with Gasteiger partial charge in [-0.1, -0.05) is 19.2 Å². The summed E-state index contributed by atoms with van der Waals surface area (Å²) in [5.74, 6) is 3.05. The maximum absolute atomic E-state index is 4.68. The van der Waals surface area contributed by atoms with E-state index in [0.717, 1.165) is 24.3 Å². The molecule has 0 atom stereocenters. The predicted molar refractivity (Wildman–Crippen MR) is 89.1 cm³/mol. The summed E-state index contributed by atoms with van der Waals surface area (Å²) in [6.07, 6.45) is 10.9. The van der Waals surface area contributed by atoms with Crippen LogP contribution in [0.1, 0.15) is 44.2 Å². The molecule has 0 amide bonds. The van der Waals surface area contributed by atoms with E-state index >= 15 is 0 Å². The van der Waals surface area contributed by atoms with Crippen LogP contribution >= 0.6 is 0 Å². The Labute approximate surface area is 130 Å². The molecular weight excluding hydrogens is 272 g/mol. The van der Waals surface area contributed by atoms with Crippen LogP contribution in [-0.2, 0) is 6.54 Å². The van der Waals surface area contributed by atoms with Gasteiger partial charge in [-0.2, -0.15) is 0 Å². The van der Waals surface area contributed by atoms with Crippen molar-refractivity contribution in [1.29, 1.82) is 0 Å². The molecule has 2 nitrogen and oxygen atoms in total. The highest BCUT2D eigenvalue weighted by molar-refractivity contribution is 6.70. The SMILES string of the molecule is C[Si](C)c1ccc(CNC23CC4CC(CC(C4)C2)C3)nc1. The van der Waals surface area contributed by atoms with Crippen molar-refractivity contribution in [3.05, 3.63) is 24.0 Å². The maximum atomic E-state index is 4.68. The first-order valence-electron chi connectivity index (χ1n) is 8.62. The molecule has 4 saturated carbocycles. The summed E-state index contributed by atoms with van der Waals surface area (Å²) in [6, 6.07) is 4.53. The van der Waals surface area contributed by atoms with Gasteiger partial charge in [0, 0.05) is 18.3 Å². The molecule has 0 unspecified atom stereocenters. The van der Waals surface area contributed by atoms with Crippen LogP contribution in [0.2, 0.25) is 13.1 Å². The first-order chi connectivity index (χ1) is 10.1. The normalized spacial score (nSPS) is 37.4. The zero-order chi connectivity index (χ0) is 14.4. The molecule has 0 spiro atoms. The Bertz CT molecular complexity index is 473. The van der Waals surface area contributed by atoms with E-state index in [1.165, 1.54) is 49.4 Å². The molecule has 21 heavy (non-hydrogen) atoms. The van der Waals surface area contributed by atoms with Crippen molar-refractivity contribution in [2.24, 2.45) is 17.8 Å². The van der Waals surface area contributed by atoms with Crippen LogP contribution in [0, 0.1) is 17.8 Å². The van der Waals surface area contributed by atoms with E-state index in [1.54, 1.807) is 0 Å². The van der Waals surface area contributed by atoms with E-state index in [0.29, 0.717) is 5.54 Å². The molecule has 1 heterocycles. The lowest BCUT2D eigenvalue weighted by Gasteiger charge is -2.57. The van der Waals surface area contributed by atoms with Crippen molar-refractivity contribution in [1.82, 2.24) is 10.3 Å². The second-order valence-corrected chi connectivity index (χ2v) is 10.7. The maximum Gasteiger partial charge on any atom is 0.0812 e. The second kappa shape index (κ2) is 5.20. The third-order valence-corrected chi connectivity index (χ3v) is 7.54. The minimum atomic E-state index is -0.362. The third kappa shape index (κ3) is 2.70. The predicted octanol–water partition coefficient (Wildman–Crippen LogP) is 3.10. The number of hydrogen-bond donors (Lipinski definition) is 1. The standard InChI is InChI=1S/C18H27N2Si/c1-21(2)17-4-3-16(19-12-17)11-20-18-8-13-5-14(9-18)7-15(6-13)10-18/h3-4,12-15,20H,5-11H2,1-2H3. The summed E-state index contributed by atoms with van der Waals surface area (Å²) in [4.78, 5) is 4.68. The minimum absolute atomic E-state index is 0.362. The molecule has 4 aliphatic carbocycles. The quantitative estimate of drug-likeness (QED) is 0.864. The summed E-state index contributed by atoms with van der Waals surface area (Å²) in [7, 11) is -0.362. The highest BCUT2D eigenvalue weighted by Crippen LogP contribution is 2.55. The van der Waals surface area contributed by atoms with E-state index in [2.05, 4.69) is 41.7 Å². The molecule has 1 radical (unpaired) electrons. The van der Waals surface area contributed by atoms with Gasteiger partial charge in [-0.05, 0) is 67.5 Å². The van der Waals surface area contributed by atoms with E-state index in [4.69, 9.17) is 0 Å². The van der Waals surface area contributed by atoms with Crippen molar-refractivity contribution in [3.63, 3.8) is 0 Å². The Balaban J connectivity index is 1.42. The van der Waals surface area contributed by atoms with Crippen LogP contribution < -0.4 is 10.5 Å². The van der Waals surface area contributed by atoms with Crippen LogP contribution in [0.5, 0.6) is 0 Å². The van der Waals surface area contributed by atoms with Gasteiger partial charge in [-0.25, -0.2) is 0 Å². The summed E-state index contributed by atoms with van der Waals surface area (Å²) >= 11 is 0. The van der Waals surface area contributed by atoms with Crippen molar-refractivity contribution in [3.8, 4) is 0 Å². The molecule has 0 saturated heterocycles. The van der Waals surface area contributed by atoms with Gasteiger partial charge in [0.1, 0.15) is 0 Å². The van der Waals surface area contributed by atoms with Crippen molar-refractivity contribution >= 4 is 14.0 Å². The van der Waals surface area contributed by atoms with Gasteiger partial charge in [0.25, 0.3) is 0 Å². The van der Waals surface area contributed by atoms with E-state index in [9.17, 15) is 0 Å². The molecular formula is C18H27N2Si. The number of nitrogens with zero attached hydrogens (tertiary/aromatic N) is 1. The average Bonchev–Trinajstić information content (AvgIpc) is 2.44. The molecule has 1 N–H and O–H groups in total. The van der Waals surface area contributed by atoms with Gasteiger partial charge in [0.2, 0.25) is 0 Å². The number of nitrogens with one attached hydrogen (secondary N) is 1. The molecule has 5 rings (SSSR count). The Morgan fingerprint density at radius 3 is 2.19 bits per heavy atom. The average molecular weight is 300 g/mol. The highest BCUT2D eigenvalue weighted by Gasteiger charge is 2.50. The minimum Gasteiger partial charge on any atom is -0.306 e. The van der Waals surface area contributed by atoms with Crippen LogP contribution in [0.3, 0.4) is 0 Å². The largest absolute Gasteiger partial charge is 0.306 e. The fourth-order valence-corrected chi connectivity index (χ4v) is 6.17. The van der Waals surface area contributed by atoms with Crippen molar-refractivity contribution < 1.29 is 0 Å². The lowest BCUT2D eigenvalue weighted by Crippen LogP contribution is -2.58. The van der Waals surface area contributed by atoms with Gasteiger partial charge in [-0.15, -0.1) is 0 Å². The van der Waals surface area contributed by atoms with E-state index < -0.39 is 0 Å². The van der Waals surface area contributed by atoms with Crippen molar-refractivity contribution in [2.45, 2.75) is 63.7 Å². The lowest BCUT2D eigenvalue weighted by atomic mass is 9.53. The van der Waals surface area contributed by atoms with Crippen LogP contribution in [0.25, 0.3) is 0 Å². The number of aromatic nitrogens is 1. The topological polar surface area (TPSA) is 24.9 Å². The van der Waals surface area contributed by atoms with Gasteiger partial charge in [0.05, 0.1) is 14.5 Å². The van der Waals surface area contributed by atoms with Crippen LogP contribution in [0.4, 0.5) is 0 Å². The third-order valence-electron chi connectivity index (χ3n) is 6.08. The summed E-state index contributed by atoms with van der Waals surface area (Å²) in [5, 5.41) is 5.38.